The van der Waals surface area contributed by atoms with E-state index in [9.17, 15) is 4.79 Å². The van der Waals surface area contributed by atoms with Gasteiger partial charge >= 0.3 is 0 Å². The van der Waals surface area contributed by atoms with Crippen molar-refractivity contribution in [2.24, 2.45) is 0 Å². The first-order valence-electron chi connectivity index (χ1n) is 7.60. The van der Waals surface area contributed by atoms with Crippen LogP contribution >= 0.6 is 0 Å². The second-order valence-corrected chi connectivity index (χ2v) is 5.19. The van der Waals surface area contributed by atoms with E-state index >= 15 is 0 Å². The average molecular weight is 319 g/mol. The number of carbonyl (C=O) groups excluding carboxylic acids is 1. The van der Waals surface area contributed by atoms with E-state index in [1.165, 1.54) is 0 Å². The third-order valence-corrected chi connectivity index (χ3v) is 3.39. The van der Waals surface area contributed by atoms with Crippen molar-refractivity contribution in [2.75, 3.05) is 5.32 Å². The van der Waals surface area contributed by atoms with E-state index in [2.05, 4.69) is 25.8 Å². The summed E-state index contributed by atoms with van der Waals surface area (Å²) in [5, 5.41) is 14.0. The summed E-state index contributed by atoms with van der Waals surface area (Å²) in [6.07, 6.45) is 3.51. The van der Waals surface area contributed by atoms with Crippen LogP contribution in [0.5, 0.6) is 0 Å². The number of rotatable bonds is 6. The first kappa shape index (κ1) is 15.6. The van der Waals surface area contributed by atoms with Crippen molar-refractivity contribution in [3.63, 3.8) is 0 Å². The van der Waals surface area contributed by atoms with Crippen LogP contribution in [0.2, 0.25) is 0 Å². The van der Waals surface area contributed by atoms with Crippen molar-refractivity contribution < 1.29 is 4.79 Å². The average Bonchev–Trinajstić information content (AvgIpc) is 2.66. The number of benzene rings is 1. The Morgan fingerprint density at radius 3 is 2.42 bits per heavy atom. The summed E-state index contributed by atoms with van der Waals surface area (Å²) in [5.74, 6) is 0.364. The SMILES string of the molecule is O=C(NCc1ccccc1)c1ccc(NCc2cccnc2)nn1. The first-order valence-corrected chi connectivity index (χ1v) is 7.60. The minimum atomic E-state index is -0.245. The molecule has 1 amide bonds. The van der Waals surface area contributed by atoms with E-state index in [0.29, 0.717) is 18.9 Å². The maximum atomic E-state index is 12.1. The predicted octanol–water partition coefficient (Wildman–Crippen LogP) is 2.41. The molecule has 2 aromatic heterocycles. The summed E-state index contributed by atoms with van der Waals surface area (Å²) in [6, 6.07) is 17.0. The maximum Gasteiger partial charge on any atom is 0.272 e. The van der Waals surface area contributed by atoms with Crippen LogP contribution in [0.3, 0.4) is 0 Å². The molecule has 0 saturated heterocycles. The Labute approximate surface area is 140 Å². The fraction of sp³-hybridized carbons (Fsp3) is 0.111. The fourth-order valence-electron chi connectivity index (χ4n) is 2.11. The number of hydrogen-bond acceptors (Lipinski definition) is 5. The van der Waals surface area contributed by atoms with E-state index in [-0.39, 0.29) is 11.6 Å². The number of carbonyl (C=O) groups is 1. The summed E-state index contributed by atoms with van der Waals surface area (Å²) in [7, 11) is 0. The molecular formula is C18H17N5O. The smallest absolute Gasteiger partial charge is 0.272 e. The van der Waals surface area contributed by atoms with Crippen LogP contribution in [-0.2, 0) is 13.1 Å². The molecule has 0 atom stereocenters. The maximum absolute atomic E-state index is 12.1. The summed E-state index contributed by atoms with van der Waals surface area (Å²) in [6.45, 7) is 1.06. The molecule has 3 rings (SSSR count). The van der Waals surface area contributed by atoms with Gasteiger partial charge in [-0.25, -0.2) is 0 Å². The van der Waals surface area contributed by atoms with Crippen molar-refractivity contribution in [2.45, 2.75) is 13.1 Å². The van der Waals surface area contributed by atoms with Gasteiger partial charge < -0.3 is 10.6 Å². The Kier molecular flexibility index (Phi) is 5.09. The summed E-state index contributed by atoms with van der Waals surface area (Å²) < 4.78 is 0. The number of pyridine rings is 1. The van der Waals surface area contributed by atoms with Crippen molar-refractivity contribution in [3.05, 3.63) is 83.8 Å². The molecule has 120 valence electrons. The number of hydrogen-bond donors (Lipinski definition) is 2. The van der Waals surface area contributed by atoms with Crippen LogP contribution in [0.15, 0.2) is 67.0 Å². The van der Waals surface area contributed by atoms with Crippen LogP contribution in [0.1, 0.15) is 21.6 Å². The molecule has 1 aromatic carbocycles. The van der Waals surface area contributed by atoms with Gasteiger partial charge in [-0.15, -0.1) is 10.2 Å². The van der Waals surface area contributed by atoms with Gasteiger partial charge in [-0.05, 0) is 29.3 Å². The van der Waals surface area contributed by atoms with Crippen LogP contribution < -0.4 is 10.6 Å². The number of amides is 1. The molecular weight excluding hydrogens is 302 g/mol. The van der Waals surface area contributed by atoms with Gasteiger partial charge in [-0.3, -0.25) is 9.78 Å². The van der Waals surface area contributed by atoms with Gasteiger partial charge in [0.15, 0.2) is 5.69 Å². The predicted molar refractivity (Wildman–Crippen MR) is 91.2 cm³/mol. The second kappa shape index (κ2) is 7.82. The first-order chi connectivity index (χ1) is 11.8. The lowest BCUT2D eigenvalue weighted by Gasteiger charge is -2.06. The van der Waals surface area contributed by atoms with Gasteiger partial charge in [0.2, 0.25) is 0 Å². The lowest BCUT2D eigenvalue weighted by atomic mass is 10.2. The highest BCUT2D eigenvalue weighted by molar-refractivity contribution is 5.92. The zero-order chi connectivity index (χ0) is 16.6. The standard InChI is InChI=1S/C18H17N5O/c24-18(21-12-14-5-2-1-3-6-14)16-8-9-17(23-22-16)20-13-15-7-4-10-19-11-15/h1-11H,12-13H2,(H,20,23)(H,21,24). The van der Waals surface area contributed by atoms with Crippen LogP contribution in [-0.4, -0.2) is 21.1 Å². The summed E-state index contributed by atoms with van der Waals surface area (Å²) in [5.41, 5.74) is 2.37. The molecule has 2 heterocycles. The minimum Gasteiger partial charge on any atom is -0.364 e. The van der Waals surface area contributed by atoms with Crippen molar-refractivity contribution in [3.8, 4) is 0 Å². The fourth-order valence-corrected chi connectivity index (χ4v) is 2.11. The molecule has 0 radical (unpaired) electrons. The molecule has 0 bridgehead atoms. The van der Waals surface area contributed by atoms with Gasteiger partial charge in [0.25, 0.3) is 5.91 Å². The molecule has 3 aromatic rings. The molecule has 6 nitrogen and oxygen atoms in total. The van der Waals surface area contributed by atoms with E-state index in [1.54, 1.807) is 24.5 Å². The zero-order valence-electron chi connectivity index (χ0n) is 13.0. The van der Waals surface area contributed by atoms with E-state index in [1.807, 2.05) is 42.5 Å². The minimum absolute atomic E-state index is 0.245. The van der Waals surface area contributed by atoms with E-state index < -0.39 is 0 Å². The topological polar surface area (TPSA) is 79.8 Å². The van der Waals surface area contributed by atoms with Gasteiger partial charge in [0.05, 0.1) is 0 Å². The highest BCUT2D eigenvalue weighted by Gasteiger charge is 2.07. The van der Waals surface area contributed by atoms with E-state index in [4.69, 9.17) is 0 Å². The number of aromatic nitrogens is 3. The third kappa shape index (κ3) is 4.36. The van der Waals surface area contributed by atoms with Crippen LogP contribution in [0.25, 0.3) is 0 Å². The highest BCUT2D eigenvalue weighted by Crippen LogP contribution is 2.05. The normalized spacial score (nSPS) is 10.2. The molecule has 0 unspecified atom stereocenters. The molecule has 0 fully saturated rings. The molecule has 0 aliphatic heterocycles. The Hall–Kier alpha value is -3.28. The monoisotopic (exact) mass is 319 g/mol. The molecule has 0 spiro atoms. The van der Waals surface area contributed by atoms with E-state index in [0.717, 1.165) is 11.1 Å². The molecule has 24 heavy (non-hydrogen) atoms. The van der Waals surface area contributed by atoms with Gasteiger partial charge in [0, 0.05) is 25.5 Å². The zero-order valence-corrected chi connectivity index (χ0v) is 13.0. The molecule has 0 saturated carbocycles. The quantitative estimate of drug-likeness (QED) is 0.729. The largest absolute Gasteiger partial charge is 0.364 e. The molecule has 2 N–H and O–H groups in total. The molecule has 0 aliphatic rings. The third-order valence-electron chi connectivity index (χ3n) is 3.39. The molecule has 6 heteroatoms. The van der Waals surface area contributed by atoms with Gasteiger partial charge in [-0.2, -0.15) is 0 Å². The lowest BCUT2D eigenvalue weighted by Crippen LogP contribution is -2.24. The Morgan fingerprint density at radius 2 is 1.71 bits per heavy atom. The Morgan fingerprint density at radius 1 is 0.875 bits per heavy atom. The van der Waals surface area contributed by atoms with Gasteiger partial charge in [-0.1, -0.05) is 36.4 Å². The van der Waals surface area contributed by atoms with Crippen molar-refractivity contribution >= 4 is 11.7 Å². The second-order valence-electron chi connectivity index (χ2n) is 5.19. The number of anilines is 1. The van der Waals surface area contributed by atoms with Crippen molar-refractivity contribution in [1.82, 2.24) is 20.5 Å². The van der Waals surface area contributed by atoms with Gasteiger partial charge in [0.1, 0.15) is 5.82 Å². The Bertz CT molecular complexity index is 776. The summed E-state index contributed by atoms with van der Waals surface area (Å²) >= 11 is 0. The molecule has 0 aliphatic carbocycles. The van der Waals surface area contributed by atoms with Crippen molar-refractivity contribution in [1.29, 1.82) is 0 Å². The highest BCUT2D eigenvalue weighted by atomic mass is 16.1. The number of nitrogens with zero attached hydrogens (tertiary/aromatic N) is 3. The lowest BCUT2D eigenvalue weighted by molar-refractivity contribution is 0.0945. The summed E-state index contributed by atoms with van der Waals surface area (Å²) in [4.78, 5) is 16.1. The Balaban J connectivity index is 1.53. The van der Waals surface area contributed by atoms with Crippen LogP contribution in [0, 0.1) is 0 Å². The number of nitrogens with one attached hydrogen (secondary N) is 2. The van der Waals surface area contributed by atoms with Crippen LogP contribution in [0.4, 0.5) is 5.82 Å².